The largest absolute Gasteiger partial charge is 0.394 e. The molecule has 1 unspecified atom stereocenters. The Hall–Kier alpha value is -1.06. The maximum atomic E-state index is 9.34. The molecule has 1 saturated heterocycles. The van der Waals surface area contributed by atoms with E-state index in [4.69, 9.17) is 4.74 Å². The highest BCUT2D eigenvalue weighted by Crippen LogP contribution is 2.28. The van der Waals surface area contributed by atoms with Crippen LogP contribution in [0.5, 0.6) is 0 Å². The van der Waals surface area contributed by atoms with Crippen LogP contribution in [0.15, 0.2) is 30.3 Å². The van der Waals surface area contributed by atoms with Crippen LogP contribution in [0.1, 0.15) is 6.92 Å². The number of nitrogens with zero attached hydrogens (tertiary/aromatic N) is 1. The molecule has 3 heteroatoms. The van der Waals surface area contributed by atoms with Crippen LogP contribution in [0.3, 0.4) is 0 Å². The summed E-state index contributed by atoms with van der Waals surface area (Å²) in [5.41, 5.74) is 0.822. The van der Waals surface area contributed by atoms with Crippen LogP contribution in [0.2, 0.25) is 0 Å². The lowest BCUT2D eigenvalue weighted by molar-refractivity contribution is 0.149. The van der Waals surface area contributed by atoms with E-state index in [9.17, 15) is 5.11 Å². The molecule has 1 aliphatic rings. The number of aliphatic hydroxyl groups is 1. The second-order valence-corrected chi connectivity index (χ2v) is 3.90. The normalized spacial score (nSPS) is 26.9. The van der Waals surface area contributed by atoms with Crippen molar-refractivity contribution in [2.45, 2.75) is 12.5 Å². The molecule has 0 aromatic heterocycles. The fourth-order valence-corrected chi connectivity index (χ4v) is 1.72. The highest BCUT2D eigenvalue weighted by Gasteiger charge is 2.36. The summed E-state index contributed by atoms with van der Waals surface area (Å²) in [4.78, 5) is 2.09. The highest BCUT2D eigenvalue weighted by molar-refractivity contribution is 5.49. The predicted molar refractivity (Wildman–Crippen MR) is 55.2 cm³/mol. The molecular formula is C11H15NO2. The van der Waals surface area contributed by atoms with E-state index in [1.54, 1.807) is 0 Å². The number of rotatable bonds is 2. The van der Waals surface area contributed by atoms with Crippen molar-refractivity contribution in [1.82, 2.24) is 0 Å². The van der Waals surface area contributed by atoms with Gasteiger partial charge in [0.2, 0.25) is 0 Å². The lowest BCUT2D eigenvalue weighted by atomic mass is 10.0. The minimum absolute atomic E-state index is 0.113. The van der Waals surface area contributed by atoms with E-state index in [1.165, 1.54) is 0 Å². The van der Waals surface area contributed by atoms with Gasteiger partial charge in [-0.15, -0.1) is 0 Å². The van der Waals surface area contributed by atoms with Gasteiger partial charge in [-0.25, -0.2) is 0 Å². The Kier molecular flexibility index (Phi) is 2.44. The summed E-state index contributed by atoms with van der Waals surface area (Å²) in [6.45, 7) is 3.26. The zero-order valence-electron chi connectivity index (χ0n) is 8.31. The first kappa shape index (κ1) is 9.49. The summed E-state index contributed by atoms with van der Waals surface area (Å²) >= 11 is 0. The molecule has 0 spiro atoms. The van der Waals surface area contributed by atoms with Gasteiger partial charge in [0.05, 0.1) is 18.8 Å². The quantitative estimate of drug-likeness (QED) is 0.766. The number of hydrogen-bond acceptors (Lipinski definition) is 3. The molecule has 1 heterocycles. The van der Waals surface area contributed by atoms with Gasteiger partial charge in [0, 0.05) is 5.69 Å². The molecule has 0 bridgehead atoms. The molecule has 0 radical (unpaired) electrons. The van der Waals surface area contributed by atoms with Gasteiger partial charge in [-0.1, -0.05) is 18.2 Å². The van der Waals surface area contributed by atoms with Gasteiger partial charge in [-0.2, -0.15) is 0 Å². The Labute approximate surface area is 83.9 Å². The van der Waals surface area contributed by atoms with E-state index in [2.05, 4.69) is 4.90 Å². The molecule has 1 atom stereocenters. The molecule has 0 saturated carbocycles. The van der Waals surface area contributed by atoms with Crippen LogP contribution >= 0.6 is 0 Å². The Bertz CT molecular complexity index is 301. The molecule has 76 valence electrons. The van der Waals surface area contributed by atoms with Crippen LogP contribution in [-0.4, -0.2) is 30.6 Å². The summed E-state index contributed by atoms with van der Waals surface area (Å²) in [5, 5.41) is 9.34. The van der Waals surface area contributed by atoms with E-state index in [1.807, 2.05) is 37.3 Å². The van der Waals surface area contributed by atoms with Gasteiger partial charge in [0.15, 0.2) is 0 Å². The zero-order valence-corrected chi connectivity index (χ0v) is 8.31. The van der Waals surface area contributed by atoms with Gasteiger partial charge in [-0.3, -0.25) is 0 Å². The van der Waals surface area contributed by atoms with Crippen LogP contribution in [0, 0.1) is 0 Å². The maximum Gasteiger partial charge on any atom is 0.119 e. The number of anilines is 1. The highest BCUT2D eigenvalue weighted by atomic mass is 16.5. The molecule has 0 amide bonds. The van der Waals surface area contributed by atoms with Crippen LogP contribution in [0.4, 0.5) is 5.69 Å². The van der Waals surface area contributed by atoms with Crippen molar-refractivity contribution in [3.8, 4) is 0 Å². The number of aliphatic hydroxyl groups excluding tert-OH is 1. The van der Waals surface area contributed by atoms with Crippen molar-refractivity contribution >= 4 is 5.69 Å². The van der Waals surface area contributed by atoms with Crippen LogP contribution in [-0.2, 0) is 4.74 Å². The van der Waals surface area contributed by atoms with Crippen molar-refractivity contribution in [2.75, 3.05) is 24.8 Å². The first-order chi connectivity index (χ1) is 6.76. The Morgan fingerprint density at radius 2 is 2.14 bits per heavy atom. The third kappa shape index (κ3) is 1.49. The van der Waals surface area contributed by atoms with Crippen molar-refractivity contribution in [2.24, 2.45) is 0 Å². The Balaban J connectivity index is 2.26. The third-order valence-corrected chi connectivity index (χ3v) is 2.69. The topological polar surface area (TPSA) is 32.7 Å². The van der Waals surface area contributed by atoms with Crippen LogP contribution < -0.4 is 4.90 Å². The molecule has 3 nitrogen and oxygen atoms in total. The molecule has 1 aromatic carbocycles. The molecule has 2 rings (SSSR count). The molecular weight excluding hydrogens is 178 g/mol. The van der Waals surface area contributed by atoms with Gasteiger partial charge in [0.25, 0.3) is 0 Å². The average Bonchev–Trinajstić information content (AvgIpc) is 2.63. The first-order valence-corrected chi connectivity index (χ1v) is 4.77. The number of para-hydroxylation sites is 1. The molecule has 1 fully saturated rings. The summed E-state index contributed by atoms with van der Waals surface area (Å²) < 4.78 is 5.38. The van der Waals surface area contributed by atoms with E-state index in [-0.39, 0.29) is 12.1 Å². The third-order valence-electron chi connectivity index (χ3n) is 2.69. The molecule has 1 N–H and O–H groups in total. The van der Waals surface area contributed by atoms with E-state index in [0.717, 1.165) is 5.69 Å². The lowest BCUT2D eigenvalue weighted by Gasteiger charge is -2.32. The van der Waals surface area contributed by atoms with E-state index < -0.39 is 0 Å². The second-order valence-electron chi connectivity index (χ2n) is 3.90. The van der Waals surface area contributed by atoms with Gasteiger partial charge in [0.1, 0.15) is 6.73 Å². The fourth-order valence-electron chi connectivity index (χ4n) is 1.72. The monoisotopic (exact) mass is 193 g/mol. The summed E-state index contributed by atoms with van der Waals surface area (Å²) in [7, 11) is 0. The van der Waals surface area contributed by atoms with Crippen molar-refractivity contribution in [1.29, 1.82) is 0 Å². The minimum atomic E-state index is -0.276. The van der Waals surface area contributed by atoms with Crippen molar-refractivity contribution in [3.63, 3.8) is 0 Å². The first-order valence-electron chi connectivity index (χ1n) is 4.77. The smallest absolute Gasteiger partial charge is 0.119 e. The van der Waals surface area contributed by atoms with Crippen LogP contribution in [0.25, 0.3) is 0 Å². The van der Waals surface area contributed by atoms with Gasteiger partial charge >= 0.3 is 0 Å². The van der Waals surface area contributed by atoms with Gasteiger partial charge in [-0.05, 0) is 19.1 Å². The second kappa shape index (κ2) is 3.59. The molecule has 0 aliphatic carbocycles. The molecule has 1 aliphatic heterocycles. The fraction of sp³-hybridized carbons (Fsp3) is 0.455. The van der Waals surface area contributed by atoms with E-state index in [0.29, 0.717) is 13.3 Å². The maximum absolute atomic E-state index is 9.34. The summed E-state index contributed by atoms with van der Waals surface area (Å²) in [6.07, 6.45) is 0. The van der Waals surface area contributed by atoms with Crippen molar-refractivity contribution < 1.29 is 9.84 Å². The Morgan fingerprint density at radius 1 is 1.43 bits per heavy atom. The number of ether oxygens (including phenoxy) is 1. The number of hydrogen-bond donors (Lipinski definition) is 1. The lowest BCUT2D eigenvalue weighted by Crippen LogP contribution is -2.46. The van der Waals surface area contributed by atoms with Crippen molar-refractivity contribution in [3.05, 3.63) is 30.3 Å². The minimum Gasteiger partial charge on any atom is -0.394 e. The van der Waals surface area contributed by atoms with E-state index >= 15 is 0 Å². The standard InChI is InChI=1S/C11H15NO2/c1-11(7-13)8-14-9-12(11)10-5-3-2-4-6-10/h2-6,13H,7-9H2,1H3. The molecule has 14 heavy (non-hydrogen) atoms. The zero-order chi connectivity index (χ0) is 10.0. The predicted octanol–water partition coefficient (Wildman–Crippen LogP) is 1.23. The number of benzene rings is 1. The average molecular weight is 193 g/mol. The molecule has 1 aromatic rings. The Morgan fingerprint density at radius 3 is 2.79 bits per heavy atom. The summed E-state index contributed by atoms with van der Waals surface area (Å²) in [5.74, 6) is 0. The van der Waals surface area contributed by atoms with Gasteiger partial charge < -0.3 is 14.7 Å². The summed E-state index contributed by atoms with van der Waals surface area (Å²) in [6, 6.07) is 10.0. The SMILES string of the molecule is CC1(CO)COCN1c1ccccc1.